The molecule has 152 valence electrons. The molecule has 1 aromatic carbocycles. The summed E-state index contributed by atoms with van der Waals surface area (Å²) in [6.45, 7) is 0. The molecular weight excluding hydrogens is 421 g/mol. The minimum Gasteiger partial charge on any atom is -0.464 e. The molecule has 3 aromatic rings. The maximum absolute atomic E-state index is 13.9. The zero-order valence-electron chi connectivity index (χ0n) is 14.6. The van der Waals surface area contributed by atoms with Crippen molar-refractivity contribution < 1.29 is 32.2 Å². The van der Waals surface area contributed by atoms with Crippen LogP contribution in [0.3, 0.4) is 0 Å². The van der Waals surface area contributed by atoms with Crippen LogP contribution in [0.5, 0.6) is 0 Å². The van der Waals surface area contributed by atoms with Crippen molar-refractivity contribution in [3.8, 4) is 0 Å². The van der Waals surface area contributed by atoms with Gasteiger partial charge in [0, 0.05) is 12.1 Å². The standard InChI is InChI=1S/C17H10ClF3N2O6/c1-28-15(26)5-3-7(24)9-11(17(19,20)21)10-8(25)4-6(16(27)29-2)23-14(10)12(18)13(9)22-5/h3-4H,1-2H3,(H,22,24)(H,23,25). The van der Waals surface area contributed by atoms with E-state index in [0.29, 0.717) is 12.1 Å². The fourth-order valence-electron chi connectivity index (χ4n) is 2.92. The van der Waals surface area contributed by atoms with Gasteiger partial charge >= 0.3 is 18.1 Å². The smallest absolute Gasteiger partial charge is 0.418 e. The maximum Gasteiger partial charge on any atom is 0.418 e. The monoisotopic (exact) mass is 430 g/mol. The molecule has 2 aromatic heterocycles. The lowest BCUT2D eigenvalue weighted by molar-refractivity contribution is -0.135. The van der Waals surface area contributed by atoms with E-state index in [4.69, 9.17) is 11.6 Å². The van der Waals surface area contributed by atoms with Crippen LogP contribution >= 0.6 is 11.6 Å². The Morgan fingerprint density at radius 2 is 1.28 bits per heavy atom. The highest BCUT2D eigenvalue weighted by Crippen LogP contribution is 2.40. The van der Waals surface area contributed by atoms with E-state index in [-0.39, 0.29) is 0 Å². The Morgan fingerprint density at radius 1 is 0.897 bits per heavy atom. The third-order valence-electron chi connectivity index (χ3n) is 4.10. The summed E-state index contributed by atoms with van der Waals surface area (Å²) in [6.07, 6.45) is -5.14. The number of aromatic amines is 2. The molecule has 0 fully saturated rings. The number of esters is 2. The molecular formula is C17H10ClF3N2O6. The van der Waals surface area contributed by atoms with E-state index >= 15 is 0 Å². The quantitative estimate of drug-likeness (QED) is 0.476. The summed E-state index contributed by atoms with van der Waals surface area (Å²) < 4.78 is 50.5. The zero-order valence-corrected chi connectivity index (χ0v) is 15.4. The molecule has 0 unspecified atom stereocenters. The number of pyridine rings is 2. The Kier molecular flexibility index (Phi) is 4.87. The number of carbonyl (C=O) groups excluding carboxylic acids is 2. The second kappa shape index (κ2) is 6.92. The van der Waals surface area contributed by atoms with Gasteiger partial charge in [0.2, 0.25) is 0 Å². The fourth-order valence-corrected chi connectivity index (χ4v) is 3.20. The second-order valence-corrected chi connectivity index (χ2v) is 6.14. The van der Waals surface area contributed by atoms with E-state index in [9.17, 15) is 32.3 Å². The maximum atomic E-state index is 13.9. The first-order valence-electron chi connectivity index (χ1n) is 7.70. The molecule has 29 heavy (non-hydrogen) atoms. The molecule has 0 spiro atoms. The topological polar surface area (TPSA) is 118 Å². The van der Waals surface area contributed by atoms with Gasteiger partial charge in [0.25, 0.3) is 0 Å². The highest BCUT2D eigenvalue weighted by Gasteiger charge is 2.38. The Morgan fingerprint density at radius 3 is 1.59 bits per heavy atom. The van der Waals surface area contributed by atoms with Gasteiger partial charge < -0.3 is 19.4 Å². The third-order valence-corrected chi connectivity index (χ3v) is 4.47. The van der Waals surface area contributed by atoms with E-state index in [1.165, 1.54) is 0 Å². The molecule has 0 atom stereocenters. The highest BCUT2D eigenvalue weighted by molar-refractivity contribution is 6.40. The molecule has 0 amide bonds. The number of fused-ring (bicyclic) bond motifs is 2. The normalized spacial score (nSPS) is 11.7. The van der Waals surface area contributed by atoms with Crippen LogP contribution in [0, 0.1) is 0 Å². The van der Waals surface area contributed by atoms with Gasteiger partial charge in [0.05, 0.1) is 46.6 Å². The molecule has 0 saturated heterocycles. The molecule has 0 radical (unpaired) electrons. The molecule has 0 bridgehead atoms. The van der Waals surface area contributed by atoms with Crippen molar-refractivity contribution >= 4 is 45.3 Å². The van der Waals surface area contributed by atoms with Crippen molar-refractivity contribution in [1.82, 2.24) is 9.97 Å². The van der Waals surface area contributed by atoms with E-state index in [1.807, 2.05) is 0 Å². The number of rotatable bonds is 2. The Hall–Kier alpha value is -3.34. The molecule has 12 heteroatoms. The molecule has 0 saturated carbocycles. The highest BCUT2D eigenvalue weighted by atomic mass is 35.5. The van der Waals surface area contributed by atoms with Crippen molar-refractivity contribution in [1.29, 1.82) is 0 Å². The predicted octanol–water partition coefficient (Wildman–Crippen LogP) is 2.62. The van der Waals surface area contributed by atoms with Crippen molar-refractivity contribution in [3.63, 3.8) is 0 Å². The first kappa shape index (κ1) is 20.4. The lowest BCUT2D eigenvalue weighted by atomic mass is 10.00. The van der Waals surface area contributed by atoms with Crippen molar-refractivity contribution in [2.75, 3.05) is 14.2 Å². The lowest BCUT2D eigenvalue weighted by Gasteiger charge is -2.16. The summed E-state index contributed by atoms with van der Waals surface area (Å²) in [6, 6.07) is 1.23. The van der Waals surface area contributed by atoms with Crippen LogP contribution in [0.25, 0.3) is 21.8 Å². The van der Waals surface area contributed by atoms with E-state index in [2.05, 4.69) is 19.4 Å². The number of H-pyrrole nitrogens is 2. The van der Waals surface area contributed by atoms with Gasteiger partial charge in [-0.2, -0.15) is 13.2 Å². The molecule has 0 aliphatic heterocycles. The zero-order chi connectivity index (χ0) is 21.7. The summed E-state index contributed by atoms with van der Waals surface area (Å²) in [5, 5.41) is -2.37. The number of benzene rings is 1. The molecule has 0 aliphatic carbocycles. The SMILES string of the molecule is COC(=O)c1cc(=O)c2c(C(F)(F)F)c3c(=O)cc(C(=O)OC)[nH]c3c(Cl)c2[nH]1. The van der Waals surface area contributed by atoms with Crippen molar-refractivity contribution in [2.45, 2.75) is 6.18 Å². The number of hydrogen-bond donors (Lipinski definition) is 2. The fraction of sp³-hybridized carbons (Fsp3) is 0.176. The number of methoxy groups -OCH3 is 2. The minimum absolute atomic E-state index is 0.453. The summed E-state index contributed by atoms with van der Waals surface area (Å²) in [7, 11) is 2.02. The van der Waals surface area contributed by atoms with Crippen molar-refractivity contribution in [3.05, 3.63) is 54.6 Å². The van der Waals surface area contributed by atoms with Gasteiger partial charge in [-0.3, -0.25) is 9.59 Å². The number of nitrogens with one attached hydrogen (secondary N) is 2. The number of alkyl halides is 3. The summed E-state index contributed by atoms with van der Waals surface area (Å²) >= 11 is 6.17. The van der Waals surface area contributed by atoms with Gasteiger partial charge in [-0.1, -0.05) is 11.6 Å². The Bertz CT molecular complexity index is 1220. The summed E-state index contributed by atoms with van der Waals surface area (Å²) in [4.78, 5) is 53.0. The largest absolute Gasteiger partial charge is 0.464 e. The van der Waals surface area contributed by atoms with Crippen LogP contribution in [-0.2, 0) is 15.7 Å². The first-order chi connectivity index (χ1) is 13.5. The number of carbonyl (C=O) groups is 2. The Labute approximate surface area is 163 Å². The molecule has 0 aliphatic rings. The van der Waals surface area contributed by atoms with Gasteiger partial charge in [-0.25, -0.2) is 9.59 Å². The number of ether oxygens (including phenoxy) is 2. The van der Waals surface area contributed by atoms with E-state index < -0.39 is 72.8 Å². The van der Waals surface area contributed by atoms with Crippen LogP contribution < -0.4 is 10.9 Å². The number of aromatic nitrogens is 2. The molecule has 8 nitrogen and oxygen atoms in total. The average Bonchev–Trinajstić information content (AvgIpc) is 2.66. The predicted molar refractivity (Wildman–Crippen MR) is 95.4 cm³/mol. The van der Waals surface area contributed by atoms with E-state index in [0.717, 1.165) is 14.2 Å². The van der Waals surface area contributed by atoms with Crippen LogP contribution in [0.4, 0.5) is 13.2 Å². The van der Waals surface area contributed by atoms with Gasteiger partial charge in [0.15, 0.2) is 10.9 Å². The van der Waals surface area contributed by atoms with Gasteiger partial charge in [0.1, 0.15) is 11.4 Å². The minimum atomic E-state index is -5.14. The van der Waals surface area contributed by atoms with Crippen LogP contribution in [0.2, 0.25) is 5.02 Å². The first-order valence-corrected chi connectivity index (χ1v) is 8.08. The number of hydrogen-bond acceptors (Lipinski definition) is 6. The van der Waals surface area contributed by atoms with E-state index in [1.54, 1.807) is 0 Å². The number of halogens is 4. The molecule has 3 rings (SSSR count). The van der Waals surface area contributed by atoms with Gasteiger partial charge in [-0.05, 0) is 0 Å². The van der Waals surface area contributed by atoms with Crippen LogP contribution in [-0.4, -0.2) is 36.1 Å². The summed E-state index contributed by atoms with van der Waals surface area (Å²) in [5.41, 5.74) is -5.98. The van der Waals surface area contributed by atoms with Crippen LogP contribution in [0.1, 0.15) is 26.5 Å². The summed E-state index contributed by atoms with van der Waals surface area (Å²) in [5.74, 6) is -2.05. The van der Waals surface area contributed by atoms with Crippen LogP contribution in [0.15, 0.2) is 21.7 Å². The lowest BCUT2D eigenvalue weighted by Crippen LogP contribution is -2.21. The molecule has 2 N–H and O–H groups in total. The van der Waals surface area contributed by atoms with Crippen molar-refractivity contribution in [2.24, 2.45) is 0 Å². The van der Waals surface area contributed by atoms with Gasteiger partial charge in [-0.15, -0.1) is 0 Å². The Balaban J connectivity index is 2.66. The third kappa shape index (κ3) is 3.23. The second-order valence-electron chi connectivity index (χ2n) is 5.76. The molecule has 2 heterocycles. The average molecular weight is 431 g/mol.